The van der Waals surface area contributed by atoms with Gasteiger partial charge in [-0.2, -0.15) is 0 Å². The van der Waals surface area contributed by atoms with E-state index in [9.17, 15) is 14.9 Å². The molecule has 0 saturated carbocycles. The smallest absolute Gasteiger partial charge is 0.277 e. The Bertz CT molecular complexity index is 927. The van der Waals surface area contributed by atoms with Crippen LogP contribution in [-0.4, -0.2) is 26.7 Å². The van der Waals surface area contributed by atoms with Crippen LogP contribution in [0.3, 0.4) is 0 Å². The van der Waals surface area contributed by atoms with Gasteiger partial charge >= 0.3 is 0 Å². The lowest BCUT2D eigenvalue weighted by Gasteiger charge is -1.99. The molecule has 0 aliphatic rings. The molecule has 0 fully saturated rings. The summed E-state index contributed by atoms with van der Waals surface area (Å²) in [6.45, 7) is 0. The first-order chi connectivity index (χ1) is 12.0. The van der Waals surface area contributed by atoms with Crippen molar-refractivity contribution in [2.75, 3.05) is 5.75 Å². The van der Waals surface area contributed by atoms with Gasteiger partial charge in [-0.3, -0.25) is 14.9 Å². The standard InChI is InChI=1S/C16H10ClN3O4S/c17-12-6-4-10(5-7-12)14(21)9-25-16-19-18-15(24-16)11-2-1-3-13(8-11)20(22)23/h1-8H,9H2. The maximum Gasteiger partial charge on any atom is 0.277 e. The number of Topliss-reactive ketones (excluding diaryl/α,β-unsaturated/α-hetero) is 1. The van der Waals surface area contributed by atoms with Gasteiger partial charge in [-0.05, 0) is 30.3 Å². The summed E-state index contributed by atoms with van der Waals surface area (Å²) in [5.74, 6) is 0.181. The Kier molecular flexibility index (Phi) is 5.11. The van der Waals surface area contributed by atoms with Gasteiger partial charge in [0, 0.05) is 28.3 Å². The fourth-order valence-electron chi connectivity index (χ4n) is 1.98. The highest BCUT2D eigenvalue weighted by Gasteiger charge is 2.14. The van der Waals surface area contributed by atoms with Gasteiger partial charge in [0.15, 0.2) is 5.78 Å². The molecular weight excluding hydrogens is 366 g/mol. The number of nitro groups is 1. The highest BCUT2D eigenvalue weighted by Crippen LogP contribution is 2.26. The summed E-state index contributed by atoms with van der Waals surface area (Å²) in [6, 6.07) is 12.5. The Balaban J connectivity index is 1.67. The number of hydrogen-bond donors (Lipinski definition) is 0. The van der Waals surface area contributed by atoms with E-state index >= 15 is 0 Å². The van der Waals surface area contributed by atoms with E-state index in [2.05, 4.69) is 10.2 Å². The van der Waals surface area contributed by atoms with Gasteiger partial charge in [-0.15, -0.1) is 10.2 Å². The van der Waals surface area contributed by atoms with Crippen LogP contribution in [0.1, 0.15) is 10.4 Å². The number of rotatable bonds is 6. The lowest BCUT2D eigenvalue weighted by atomic mass is 10.1. The summed E-state index contributed by atoms with van der Waals surface area (Å²) < 4.78 is 5.45. The third kappa shape index (κ3) is 4.23. The van der Waals surface area contributed by atoms with Crippen molar-refractivity contribution in [2.45, 2.75) is 5.22 Å². The predicted octanol–water partition coefficient (Wildman–Crippen LogP) is 4.27. The van der Waals surface area contributed by atoms with E-state index < -0.39 is 4.92 Å². The molecule has 3 aromatic rings. The third-order valence-corrected chi connectivity index (χ3v) is 4.27. The van der Waals surface area contributed by atoms with Gasteiger partial charge < -0.3 is 4.42 Å². The van der Waals surface area contributed by atoms with Crippen molar-refractivity contribution in [1.82, 2.24) is 10.2 Å². The number of nitrogens with zero attached hydrogens (tertiary/aromatic N) is 3. The van der Waals surface area contributed by atoms with E-state index in [-0.39, 0.29) is 28.3 Å². The molecule has 7 nitrogen and oxygen atoms in total. The third-order valence-electron chi connectivity index (χ3n) is 3.20. The lowest BCUT2D eigenvalue weighted by molar-refractivity contribution is -0.384. The number of carbonyl (C=O) groups excluding carboxylic acids is 1. The van der Waals surface area contributed by atoms with Gasteiger partial charge in [-0.1, -0.05) is 29.4 Å². The number of non-ortho nitro benzene ring substituents is 1. The number of halogens is 1. The molecule has 0 N–H and O–H groups in total. The van der Waals surface area contributed by atoms with Crippen molar-refractivity contribution in [3.63, 3.8) is 0 Å². The molecule has 0 atom stereocenters. The van der Waals surface area contributed by atoms with Crippen molar-refractivity contribution in [3.05, 3.63) is 69.2 Å². The normalized spacial score (nSPS) is 10.6. The summed E-state index contributed by atoms with van der Waals surface area (Å²) in [6.07, 6.45) is 0. The van der Waals surface area contributed by atoms with Crippen LogP contribution in [0.4, 0.5) is 5.69 Å². The minimum atomic E-state index is -0.500. The van der Waals surface area contributed by atoms with E-state index in [1.807, 2.05) is 0 Å². The molecule has 3 rings (SSSR count). The molecule has 0 saturated heterocycles. The number of benzene rings is 2. The van der Waals surface area contributed by atoms with Crippen LogP contribution >= 0.6 is 23.4 Å². The molecule has 0 spiro atoms. The van der Waals surface area contributed by atoms with Gasteiger partial charge in [-0.25, -0.2) is 0 Å². The van der Waals surface area contributed by atoms with Gasteiger partial charge in [0.25, 0.3) is 10.9 Å². The summed E-state index contributed by atoms with van der Waals surface area (Å²) in [5, 5.41) is 19.3. The monoisotopic (exact) mass is 375 g/mol. The molecule has 126 valence electrons. The molecule has 0 amide bonds. The minimum Gasteiger partial charge on any atom is -0.411 e. The van der Waals surface area contributed by atoms with Gasteiger partial charge in [0.1, 0.15) is 0 Å². The van der Waals surface area contributed by atoms with Crippen LogP contribution < -0.4 is 0 Å². The average Bonchev–Trinajstić information content (AvgIpc) is 3.09. The zero-order chi connectivity index (χ0) is 17.8. The van der Waals surface area contributed by atoms with Crippen LogP contribution in [0.25, 0.3) is 11.5 Å². The molecule has 0 aliphatic carbocycles. The maximum atomic E-state index is 12.1. The molecular formula is C16H10ClN3O4S. The topological polar surface area (TPSA) is 99.1 Å². The molecule has 0 radical (unpaired) electrons. The van der Waals surface area contributed by atoms with E-state index in [0.29, 0.717) is 16.1 Å². The van der Waals surface area contributed by atoms with E-state index in [4.69, 9.17) is 16.0 Å². The molecule has 9 heteroatoms. The summed E-state index contributed by atoms with van der Waals surface area (Å²) in [7, 11) is 0. The highest BCUT2D eigenvalue weighted by molar-refractivity contribution is 7.99. The van der Waals surface area contributed by atoms with Crippen LogP contribution in [0.2, 0.25) is 5.02 Å². The number of ketones is 1. The predicted molar refractivity (Wildman–Crippen MR) is 92.9 cm³/mol. The number of aromatic nitrogens is 2. The first-order valence-electron chi connectivity index (χ1n) is 7.03. The Morgan fingerprint density at radius 2 is 1.96 bits per heavy atom. The van der Waals surface area contributed by atoms with Gasteiger partial charge in [0.2, 0.25) is 5.89 Å². The fourth-order valence-corrected chi connectivity index (χ4v) is 2.77. The SMILES string of the molecule is O=C(CSc1nnc(-c2cccc([N+](=O)[O-])c2)o1)c1ccc(Cl)cc1. The summed E-state index contributed by atoms with van der Waals surface area (Å²) in [5.41, 5.74) is 0.913. The zero-order valence-corrected chi connectivity index (χ0v) is 14.2. The van der Waals surface area contributed by atoms with Crippen LogP contribution in [0.5, 0.6) is 0 Å². The highest BCUT2D eigenvalue weighted by atomic mass is 35.5. The second kappa shape index (κ2) is 7.45. The molecule has 0 aliphatic heterocycles. The van der Waals surface area contributed by atoms with E-state index in [0.717, 1.165) is 11.8 Å². The van der Waals surface area contributed by atoms with Crippen molar-refractivity contribution in [1.29, 1.82) is 0 Å². The van der Waals surface area contributed by atoms with Crippen molar-refractivity contribution in [3.8, 4) is 11.5 Å². The number of hydrogen-bond acceptors (Lipinski definition) is 7. The quantitative estimate of drug-likeness (QED) is 0.274. The fraction of sp³-hybridized carbons (Fsp3) is 0.0625. The van der Waals surface area contributed by atoms with Crippen LogP contribution in [-0.2, 0) is 0 Å². The van der Waals surface area contributed by atoms with E-state index in [1.54, 1.807) is 30.3 Å². The number of thioether (sulfide) groups is 1. The van der Waals surface area contributed by atoms with Gasteiger partial charge in [0.05, 0.1) is 10.7 Å². The number of nitro benzene ring substituents is 1. The average molecular weight is 376 g/mol. The van der Waals surface area contributed by atoms with Crippen molar-refractivity contribution >= 4 is 34.8 Å². The molecule has 1 aromatic heterocycles. The largest absolute Gasteiger partial charge is 0.411 e. The Morgan fingerprint density at radius 3 is 2.68 bits per heavy atom. The molecule has 0 bridgehead atoms. The maximum absolute atomic E-state index is 12.1. The minimum absolute atomic E-state index is 0.0668. The molecule has 1 heterocycles. The lowest BCUT2D eigenvalue weighted by Crippen LogP contribution is -2.01. The first kappa shape index (κ1) is 17.1. The van der Waals surface area contributed by atoms with Crippen molar-refractivity contribution < 1.29 is 14.1 Å². The Hall–Kier alpha value is -2.71. The molecule has 0 unspecified atom stereocenters. The first-order valence-corrected chi connectivity index (χ1v) is 8.39. The number of carbonyl (C=O) groups is 1. The van der Waals surface area contributed by atoms with E-state index in [1.165, 1.54) is 18.2 Å². The van der Waals surface area contributed by atoms with Crippen molar-refractivity contribution in [2.24, 2.45) is 0 Å². The molecule has 2 aromatic carbocycles. The zero-order valence-electron chi connectivity index (χ0n) is 12.6. The second-order valence-corrected chi connectivity index (χ2v) is 6.26. The summed E-state index contributed by atoms with van der Waals surface area (Å²) in [4.78, 5) is 22.4. The second-order valence-electron chi connectivity index (χ2n) is 4.90. The van der Waals surface area contributed by atoms with Crippen LogP contribution in [0, 0.1) is 10.1 Å². The summed E-state index contributed by atoms with van der Waals surface area (Å²) >= 11 is 6.89. The van der Waals surface area contributed by atoms with Crippen LogP contribution in [0.15, 0.2) is 58.2 Å². The molecule has 25 heavy (non-hydrogen) atoms. The Morgan fingerprint density at radius 1 is 1.20 bits per heavy atom. The Labute approximate surface area is 151 Å².